The second kappa shape index (κ2) is 5.41. The number of thioether (sulfide) groups is 1. The van der Waals surface area contributed by atoms with Crippen molar-refractivity contribution in [1.29, 1.82) is 0 Å². The van der Waals surface area contributed by atoms with Crippen molar-refractivity contribution in [3.05, 3.63) is 30.1 Å². The summed E-state index contributed by atoms with van der Waals surface area (Å²) in [6.07, 6.45) is 4.77. The second-order valence-electron chi connectivity index (χ2n) is 3.52. The third kappa shape index (κ3) is 2.80. The summed E-state index contributed by atoms with van der Waals surface area (Å²) in [4.78, 5) is 17.5. The SMILES string of the molecule is O=C(CCc1ccncc1)N1CCSC1=S. The van der Waals surface area contributed by atoms with Gasteiger partial charge >= 0.3 is 0 Å². The highest BCUT2D eigenvalue weighted by molar-refractivity contribution is 8.23. The van der Waals surface area contributed by atoms with Crippen LogP contribution in [0, 0.1) is 0 Å². The zero-order valence-electron chi connectivity index (χ0n) is 8.76. The molecule has 0 atom stereocenters. The number of aromatic nitrogens is 1. The van der Waals surface area contributed by atoms with Crippen LogP contribution in [0.2, 0.25) is 0 Å². The lowest BCUT2D eigenvalue weighted by atomic mass is 10.1. The lowest BCUT2D eigenvalue weighted by Gasteiger charge is -2.14. The highest BCUT2D eigenvalue weighted by Crippen LogP contribution is 2.19. The molecule has 16 heavy (non-hydrogen) atoms. The van der Waals surface area contributed by atoms with Gasteiger partial charge in [-0.2, -0.15) is 0 Å². The molecule has 0 spiro atoms. The van der Waals surface area contributed by atoms with Crippen LogP contribution in [-0.2, 0) is 11.2 Å². The van der Waals surface area contributed by atoms with Crippen LogP contribution in [0.15, 0.2) is 24.5 Å². The van der Waals surface area contributed by atoms with Gasteiger partial charge in [-0.05, 0) is 24.1 Å². The van der Waals surface area contributed by atoms with Crippen LogP contribution in [0.1, 0.15) is 12.0 Å². The van der Waals surface area contributed by atoms with Crippen molar-refractivity contribution in [2.45, 2.75) is 12.8 Å². The van der Waals surface area contributed by atoms with E-state index in [0.717, 1.165) is 28.6 Å². The Kier molecular flexibility index (Phi) is 3.90. The first-order valence-electron chi connectivity index (χ1n) is 5.13. The summed E-state index contributed by atoms with van der Waals surface area (Å²) in [5.74, 6) is 1.06. The average Bonchev–Trinajstić information content (AvgIpc) is 2.74. The molecule has 1 aliphatic heterocycles. The summed E-state index contributed by atoms with van der Waals surface area (Å²) in [5.41, 5.74) is 1.14. The van der Waals surface area contributed by atoms with Gasteiger partial charge < -0.3 is 0 Å². The summed E-state index contributed by atoms with van der Waals surface area (Å²) in [7, 11) is 0. The van der Waals surface area contributed by atoms with Crippen molar-refractivity contribution in [2.24, 2.45) is 0 Å². The number of rotatable bonds is 3. The molecule has 1 fully saturated rings. The minimum Gasteiger partial charge on any atom is -0.297 e. The summed E-state index contributed by atoms with van der Waals surface area (Å²) >= 11 is 6.69. The molecule has 0 unspecified atom stereocenters. The lowest BCUT2D eigenvalue weighted by molar-refractivity contribution is -0.126. The number of amides is 1. The van der Waals surface area contributed by atoms with E-state index >= 15 is 0 Å². The molecule has 0 radical (unpaired) electrons. The van der Waals surface area contributed by atoms with Crippen LogP contribution in [0.25, 0.3) is 0 Å². The summed E-state index contributed by atoms with van der Waals surface area (Å²) < 4.78 is 0.722. The van der Waals surface area contributed by atoms with Gasteiger partial charge in [-0.3, -0.25) is 14.7 Å². The molecule has 0 aromatic carbocycles. The molecular weight excluding hydrogens is 240 g/mol. The number of thiocarbonyl (C=S) groups is 1. The summed E-state index contributed by atoms with van der Waals surface area (Å²) in [5, 5.41) is 0. The number of carbonyl (C=O) groups excluding carboxylic acids is 1. The molecule has 84 valence electrons. The van der Waals surface area contributed by atoms with Gasteiger partial charge in [0.2, 0.25) is 5.91 Å². The van der Waals surface area contributed by atoms with Crippen molar-refractivity contribution in [3.63, 3.8) is 0 Å². The number of carbonyl (C=O) groups is 1. The molecule has 1 aromatic heterocycles. The minimum atomic E-state index is 0.131. The molecule has 0 aliphatic carbocycles. The fourth-order valence-electron chi connectivity index (χ4n) is 1.56. The molecule has 2 rings (SSSR count). The fourth-order valence-corrected chi connectivity index (χ4v) is 2.80. The first-order chi connectivity index (χ1) is 7.77. The van der Waals surface area contributed by atoms with Gasteiger partial charge in [-0.15, -0.1) is 0 Å². The van der Waals surface area contributed by atoms with E-state index in [1.807, 2.05) is 12.1 Å². The fraction of sp³-hybridized carbons (Fsp3) is 0.364. The number of aryl methyl sites for hydroxylation is 1. The number of pyridine rings is 1. The Hall–Kier alpha value is -0.940. The average molecular weight is 252 g/mol. The van der Waals surface area contributed by atoms with Crippen molar-refractivity contribution in [2.75, 3.05) is 12.3 Å². The van der Waals surface area contributed by atoms with Crippen molar-refractivity contribution in [3.8, 4) is 0 Å². The van der Waals surface area contributed by atoms with E-state index in [2.05, 4.69) is 4.98 Å². The summed E-state index contributed by atoms with van der Waals surface area (Å²) in [6.45, 7) is 0.763. The Morgan fingerprint density at radius 2 is 2.25 bits per heavy atom. The molecule has 1 amide bonds. The Labute approximate surface area is 104 Å². The van der Waals surface area contributed by atoms with E-state index in [1.165, 1.54) is 0 Å². The van der Waals surface area contributed by atoms with Gasteiger partial charge in [0.05, 0.1) is 0 Å². The van der Waals surface area contributed by atoms with Crippen LogP contribution in [0.4, 0.5) is 0 Å². The van der Waals surface area contributed by atoms with Crippen LogP contribution in [0.3, 0.4) is 0 Å². The normalized spacial score (nSPS) is 15.5. The third-order valence-electron chi connectivity index (χ3n) is 2.44. The van der Waals surface area contributed by atoms with Crippen molar-refractivity contribution < 1.29 is 4.79 Å². The van der Waals surface area contributed by atoms with Crippen molar-refractivity contribution >= 4 is 34.2 Å². The predicted octanol–water partition coefficient (Wildman–Crippen LogP) is 1.87. The Balaban J connectivity index is 1.86. The zero-order valence-corrected chi connectivity index (χ0v) is 10.4. The van der Waals surface area contributed by atoms with Crippen LogP contribution < -0.4 is 0 Å². The van der Waals surface area contributed by atoms with Crippen LogP contribution in [-0.4, -0.2) is 32.4 Å². The predicted molar refractivity (Wildman–Crippen MR) is 69.3 cm³/mol. The Morgan fingerprint density at radius 3 is 2.88 bits per heavy atom. The van der Waals surface area contributed by atoms with Crippen molar-refractivity contribution in [1.82, 2.24) is 9.88 Å². The molecular formula is C11H12N2OS2. The summed E-state index contributed by atoms with van der Waals surface area (Å²) in [6, 6.07) is 3.87. The van der Waals surface area contributed by atoms with Gasteiger partial charge in [0, 0.05) is 31.1 Å². The molecule has 0 saturated carbocycles. The Morgan fingerprint density at radius 1 is 1.50 bits per heavy atom. The minimum absolute atomic E-state index is 0.131. The monoisotopic (exact) mass is 252 g/mol. The highest BCUT2D eigenvalue weighted by atomic mass is 32.2. The van der Waals surface area contributed by atoms with E-state index < -0.39 is 0 Å². The Bertz CT molecular complexity index is 394. The second-order valence-corrected chi connectivity index (χ2v) is 5.24. The quantitative estimate of drug-likeness (QED) is 0.769. The maximum absolute atomic E-state index is 11.8. The molecule has 0 N–H and O–H groups in total. The first-order valence-corrected chi connectivity index (χ1v) is 6.53. The van der Waals surface area contributed by atoms with Crippen LogP contribution in [0.5, 0.6) is 0 Å². The highest BCUT2D eigenvalue weighted by Gasteiger charge is 2.23. The topological polar surface area (TPSA) is 33.2 Å². The maximum atomic E-state index is 11.8. The van der Waals surface area contributed by atoms with Gasteiger partial charge in [0.1, 0.15) is 4.32 Å². The molecule has 1 saturated heterocycles. The first kappa shape index (κ1) is 11.5. The molecule has 5 heteroatoms. The smallest absolute Gasteiger partial charge is 0.228 e. The molecule has 2 heterocycles. The van der Waals surface area contributed by atoms with Gasteiger partial charge in [-0.25, -0.2) is 0 Å². The number of hydrogen-bond acceptors (Lipinski definition) is 4. The standard InChI is InChI=1S/C11H12N2OS2/c14-10(13-7-8-16-11(13)15)2-1-9-3-5-12-6-4-9/h3-6H,1-2,7-8H2. The van der Waals surface area contributed by atoms with Gasteiger partial charge in [0.15, 0.2) is 0 Å². The van der Waals surface area contributed by atoms with Gasteiger partial charge in [-0.1, -0.05) is 24.0 Å². The van der Waals surface area contributed by atoms with E-state index in [0.29, 0.717) is 6.42 Å². The number of hydrogen-bond donors (Lipinski definition) is 0. The number of nitrogens with zero attached hydrogens (tertiary/aromatic N) is 2. The molecule has 1 aliphatic rings. The van der Waals surface area contributed by atoms with E-state index in [-0.39, 0.29) is 5.91 Å². The van der Waals surface area contributed by atoms with E-state index in [4.69, 9.17) is 12.2 Å². The van der Waals surface area contributed by atoms with E-state index in [9.17, 15) is 4.79 Å². The lowest BCUT2D eigenvalue weighted by Crippen LogP contribution is -2.30. The zero-order chi connectivity index (χ0) is 11.4. The molecule has 1 aromatic rings. The largest absolute Gasteiger partial charge is 0.297 e. The maximum Gasteiger partial charge on any atom is 0.228 e. The van der Waals surface area contributed by atoms with Gasteiger partial charge in [0.25, 0.3) is 0 Å². The molecule has 3 nitrogen and oxygen atoms in total. The third-order valence-corrected chi connectivity index (χ3v) is 3.87. The van der Waals surface area contributed by atoms with E-state index in [1.54, 1.807) is 29.1 Å². The molecule has 0 bridgehead atoms. The van der Waals surface area contributed by atoms with Crippen LogP contribution >= 0.6 is 24.0 Å².